The van der Waals surface area contributed by atoms with E-state index < -0.39 is 34.0 Å². The number of nitrogens with two attached hydrogens (primary N) is 1. The van der Waals surface area contributed by atoms with Crippen LogP contribution in [0.1, 0.15) is 40.2 Å². The zero-order valence-corrected chi connectivity index (χ0v) is 25.3. The summed E-state index contributed by atoms with van der Waals surface area (Å²) < 4.78 is 64.4. The number of pyridine rings is 1. The number of nitrogens with one attached hydrogen (secondary N) is 1. The Morgan fingerprint density at radius 2 is 1.80 bits per heavy atom. The van der Waals surface area contributed by atoms with Gasteiger partial charge in [-0.3, -0.25) is 4.31 Å². The molecule has 0 saturated carbocycles. The lowest BCUT2D eigenvalue weighted by Gasteiger charge is -2.20. The fourth-order valence-electron chi connectivity index (χ4n) is 4.75. The van der Waals surface area contributed by atoms with Gasteiger partial charge in [0.1, 0.15) is 11.5 Å². The highest BCUT2D eigenvalue weighted by Gasteiger charge is 2.37. The van der Waals surface area contributed by atoms with Crippen molar-refractivity contribution in [3.05, 3.63) is 88.2 Å². The van der Waals surface area contributed by atoms with Crippen LogP contribution in [0, 0.1) is 0 Å². The minimum Gasteiger partial charge on any atom is -0.477 e. The molecule has 0 bridgehead atoms. The third-order valence-corrected chi connectivity index (χ3v) is 9.11. The number of nitrogen functional groups attached to an aromatic ring is 1. The van der Waals surface area contributed by atoms with Gasteiger partial charge in [-0.2, -0.15) is 13.2 Å². The van der Waals surface area contributed by atoms with Gasteiger partial charge in [-0.15, -0.1) is 0 Å². The summed E-state index contributed by atoms with van der Waals surface area (Å²) in [4.78, 5) is 16.0. The molecular formula is C29H31ClF3N5O5S. The smallest absolute Gasteiger partial charge is 0.404 e. The Balaban J connectivity index is 1.46. The Hall–Kier alpha value is -3.85. The fourth-order valence-corrected chi connectivity index (χ4v) is 5.98. The highest BCUT2D eigenvalue weighted by molar-refractivity contribution is 7.92. The Labute approximate surface area is 256 Å². The Morgan fingerprint density at radius 3 is 2.41 bits per heavy atom. The van der Waals surface area contributed by atoms with Crippen LogP contribution >= 0.6 is 11.6 Å². The number of sulfonamides is 1. The predicted molar refractivity (Wildman–Crippen MR) is 162 cm³/mol. The number of carboxylic acid groups (broad SMARTS) is 1. The number of hydrogen-bond acceptors (Lipinski definition) is 7. The van der Waals surface area contributed by atoms with E-state index in [0.29, 0.717) is 32.8 Å². The Bertz CT molecular complexity index is 1760. The summed E-state index contributed by atoms with van der Waals surface area (Å²) in [6.07, 6.45) is -3.68. The van der Waals surface area contributed by atoms with Crippen LogP contribution in [-0.2, 0) is 23.0 Å². The van der Waals surface area contributed by atoms with Gasteiger partial charge in [-0.1, -0.05) is 29.8 Å². The summed E-state index contributed by atoms with van der Waals surface area (Å²) in [7, 11) is -3.58. The van der Waals surface area contributed by atoms with Crippen LogP contribution in [0.25, 0.3) is 10.9 Å². The van der Waals surface area contributed by atoms with E-state index in [1.807, 2.05) is 25.1 Å². The van der Waals surface area contributed by atoms with E-state index in [-0.39, 0.29) is 41.4 Å². The molecule has 0 aliphatic carbocycles. The molecule has 0 aliphatic rings. The van der Waals surface area contributed by atoms with Crippen molar-refractivity contribution in [1.82, 2.24) is 14.9 Å². The number of aromatic nitrogens is 2. The van der Waals surface area contributed by atoms with Gasteiger partial charge in [0.25, 0.3) is 0 Å². The lowest BCUT2D eigenvalue weighted by Crippen LogP contribution is -2.35. The van der Waals surface area contributed by atoms with Crippen molar-refractivity contribution in [2.75, 3.05) is 29.4 Å². The number of halogens is 4. The lowest BCUT2D eigenvalue weighted by molar-refractivity contribution is -0.106. The first-order chi connectivity index (χ1) is 20.5. The summed E-state index contributed by atoms with van der Waals surface area (Å²) in [5.74, 6) is -2.94. The third kappa shape index (κ3) is 8.00. The zero-order valence-electron chi connectivity index (χ0n) is 23.7. The average molecular weight is 654 g/mol. The van der Waals surface area contributed by atoms with Crippen LogP contribution in [0.15, 0.2) is 60.8 Å². The van der Waals surface area contributed by atoms with Crippen molar-refractivity contribution in [2.24, 2.45) is 0 Å². The molecule has 4 aromatic rings. The van der Waals surface area contributed by atoms with Crippen molar-refractivity contribution in [3.8, 4) is 0 Å². The number of aliphatic hydroxyl groups is 1. The Kier molecular flexibility index (Phi) is 9.78. The number of anilines is 2. The van der Waals surface area contributed by atoms with E-state index >= 15 is 0 Å². The highest BCUT2D eigenvalue weighted by atomic mass is 35.5. The maximum atomic E-state index is 12.7. The molecule has 15 heteroatoms. The summed E-state index contributed by atoms with van der Waals surface area (Å²) in [5.41, 5.74) is 8.44. The van der Waals surface area contributed by atoms with Gasteiger partial charge in [0, 0.05) is 48.8 Å². The van der Waals surface area contributed by atoms with Crippen molar-refractivity contribution in [3.63, 3.8) is 0 Å². The van der Waals surface area contributed by atoms with E-state index in [9.17, 15) is 36.6 Å². The van der Waals surface area contributed by atoms with Crippen LogP contribution in [0.4, 0.5) is 24.7 Å². The normalized spacial score (nSPS) is 13.6. The van der Waals surface area contributed by atoms with Gasteiger partial charge in [-0.25, -0.2) is 18.2 Å². The number of aromatic carboxylic acids is 1. The lowest BCUT2D eigenvalue weighted by atomic mass is 10.0. The number of hydrogen-bond donors (Lipinski definition) is 4. The van der Waals surface area contributed by atoms with Crippen molar-refractivity contribution < 1.29 is 36.6 Å². The second kappa shape index (κ2) is 13.0. The molecule has 5 N–H and O–H groups in total. The molecule has 0 spiro atoms. The summed E-state index contributed by atoms with van der Waals surface area (Å²) >= 11 is 5.99. The molecule has 4 rings (SSSR count). The van der Waals surface area contributed by atoms with Crippen LogP contribution in [-0.4, -0.2) is 65.7 Å². The number of nitrogens with zero attached hydrogens (tertiary/aromatic N) is 3. The Morgan fingerprint density at radius 1 is 1.14 bits per heavy atom. The SMILES string of the molecule is CC(Cc1ccc2c(c1)cc(C(=O)O)n2Cc1ccc(N(C)S(=O)(=O)CC(F)(F)F)cc1)NCC(O)c1cnc(N)c(Cl)c1. The highest BCUT2D eigenvalue weighted by Crippen LogP contribution is 2.27. The van der Waals surface area contributed by atoms with Gasteiger partial charge < -0.3 is 25.8 Å². The summed E-state index contributed by atoms with van der Waals surface area (Å²) in [6.45, 7) is 2.33. The number of carbonyl (C=O) groups is 1. The van der Waals surface area contributed by atoms with E-state index in [1.54, 1.807) is 16.7 Å². The van der Waals surface area contributed by atoms with Crippen LogP contribution in [0.5, 0.6) is 0 Å². The van der Waals surface area contributed by atoms with Gasteiger partial charge in [-0.05, 0) is 60.9 Å². The number of aliphatic hydroxyl groups excluding tert-OH is 1. The molecule has 0 fully saturated rings. The second-order valence-electron chi connectivity index (χ2n) is 10.5. The molecule has 236 valence electrons. The topological polar surface area (TPSA) is 151 Å². The molecule has 2 aromatic heterocycles. The zero-order chi connectivity index (χ0) is 32.4. The maximum absolute atomic E-state index is 12.7. The predicted octanol–water partition coefficient (Wildman–Crippen LogP) is 4.60. The van der Waals surface area contributed by atoms with Gasteiger partial charge >= 0.3 is 12.1 Å². The van der Waals surface area contributed by atoms with Crippen molar-refractivity contribution >= 4 is 50.0 Å². The third-order valence-electron chi connectivity index (χ3n) is 7.07. The van der Waals surface area contributed by atoms with Crippen LogP contribution in [0.2, 0.25) is 5.02 Å². The molecule has 2 aromatic carbocycles. The largest absolute Gasteiger partial charge is 0.477 e. The first-order valence-electron chi connectivity index (χ1n) is 13.3. The molecule has 44 heavy (non-hydrogen) atoms. The molecule has 2 heterocycles. The minimum atomic E-state index is -4.88. The van der Waals surface area contributed by atoms with Crippen LogP contribution < -0.4 is 15.4 Å². The van der Waals surface area contributed by atoms with E-state index in [1.165, 1.54) is 30.5 Å². The summed E-state index contributed by atoms with van der Waals surface area (Å²) in [6, 6.07) is 14.5. The van der Waals surface area contributed by atoms with E-state index in [4.69, 9.17) is 17.3 Å². The maximum Gasteiger partial charge on any atom is 0.404 e. The molecule has 0 saturated heterocycles. The van der Waals surface area contributed by atoms with E-state index in [2.05, 4.69) is 10.3 Å². The van der Waals surface area contributed by atoms with Crippen molar-refractivity contribution in [2.45, 2.75) is 38.2 Å². The van der Waals surface area contributed by atoms with E-state index in [0.717, 1.165) is 12.6 Å². The van der Waals surface area contributed by atoms with Gasteiger partial charge in [0.05, 0.1) is 16.8 Å². The molecular weight excluding hydrogens is 623 g/mol. The molecule has 10 nitrogen and oxygen atoms in total. The molecule has 0 radical (unpaired) electrons. The second-order valence-corrected chi connectivity index (χ2v) is 12.9. The minimum absolute atomic E-state index is 0.0381. The number of carboxylic acids is 1. The standard InChI is InChI=1S/C29H31ClF3N5O5S/c1-17(35-14-26(39)21-11-23(30)27(34)36-13-21)9-19-5-8-24-20(10-19)12-25(28(40)41)38(24)15-18-3-6-22(7-4-18)37(2)44(42,43)16-29(31,32)33/h3-8,10-13,17,26,35,39H,9,14-16H2,1-2H3,(H2,34,36)(H,40,41). The molecule has 0 aliphatic heterocycles. The fraction of sp³-hybridized carbons (Fsp3) is 0.310. The quantitative estimate of drug-likeness (QED) is 0.173. The summed E-state index contributed by atoms with van der Waals surface area (Å²) in [5, 5.41) is 24.6. The molecule has 0 amide bonds. The number of fused-ring (bicyclic) bond motifs is 1. The molecule has 2 unspecified atom stereocenters. The van der Waals surface area contributed by atoms with Gasteiger partial charge in [0.2, 0.25) is 10.0 Å². The monoisotopic (exact) mass is 653 g/mol. The van der Waals surface area contributed by atoms with Gasteiger partial charge in [0.15, 0.2) is 5.75 Å². The number of benzene rings is 2. The first kappa shape index (κ1) is 33.1. The first-order valence-corrected chi connectivity index (χ1v) is 15.3. The number of alkyl halides is 3. The molecule has 2 atom stereocenters. The number of rotatable bonds is 12. The van der Waals surface area contributed by atoms with Crippen LogP contribution in [0.3, 0.4) is 0 Å². The average Bonchev–Trinajstić information content (AvgIpc) is 3.29. The van der Waals surface area contributed by atoms with Crippen molar-refractivity contribution in [1.29, 1.82) is 0 Å².